The van der Waals surface area contributed by atoms with Crippen LogP contribution in [0.25, 0.3) is 27.8 Å². The molecular weight excluding hydrogens is 742 g/mol. The average Bonchev–Trinajstić information content (AvgIpc) is 3.79. The minimum atomic E-state index is -5.08. The van der Waals surface area contributed by atoms with Gasteiger partial charge in [-0.3, -0.25) is 9.58 Å². The highest BCUT2D eigenvalue weighted by molar-refractivity contribution is 5.87. The number of carboxylic acid groups (broad SMARTS) is 2. The van der Waals surface area contributed by atoms with E-state index in [0.717, 1.165) is 79.4 Å². The number of aliphatic carboxylic acids is 2. The number of nitriles is 1. The van der Waals surface area contributed by atoms with Crippen LogP contribution in [-0.4, -0.2) is 115 Å². The van der Waals surface area contributed by atoms with Crippen LogP contribution in [0.4, 0.5) is 32.2 Å². The molecule has 7 heterocycles. The first kappa shape index (κ1) is 39.9. The van der Waals surface area contributed by atoms with E-state index >= 15 is 0 Å². The molecule has 0 spiro atoms. The van der Waals surface area contributed by atoms with Gasteiger partial charge in [0.15, 0.2) is 0 Å². The van der Waals surface area contributed by atoms with E-state index in [1.165, 1.54) is 5.56 Å². The van der Waals surface area contributed by atoms with E-state index in [-0.39, 0.29) is 0 Å². The van der Waals surface area contributed by atoms with Crippen molar-refractivity contribution in [1.29, 1.82) is 5.26 Å². The molecule has 0 bridgehead atoms. The minimum Gasteiger partial charge on any atom is -0.481 e. The summed E-state index contributed by atoms with van der Waals surface area (Å²) in [7, 11) is 1.63. The monoisotopic (exact) mass is 774 g/mol. The number of nitrogens with zero attached hydrogens (tertiary/aromatic N) is 9. The lowest BCUT2D eigenvalue weighted by atomic mass is 10.0. The Labute approximate surface area is 308 Å². The number of hydrogen-bond donors (Lipinski definition) is 3. The average molecular weight is 775 g/mol. The molecule has 55 heavy (non-hydrogen) atoms. The summed E-state index contributed by atoms with van der Waals surface area (Å²) in [6, 6.07) is 12.9. The van der Waals surface area contributed by atoms with Crippen molar-refractivity contribution in [2.75, 3.05) is 51.3 Å². The van der Waals surface area contributed by atoms with E-state index in [9.17, 15) is 31.6 Å². The third kappa shape index (κ3) is 10.0. The maximum atomic E-state index is 10.6. The van der Waals surface area contributed by atoms with E-state index in [1.54, 1.807) is 17.8 Å². The molecule has 0 amide bonds. The second-order valence-electron chi connectivity index (χ2n) is 12.1. The number of halogens is 6. The van der Waals surface area contributed by atoms with Crippen molar-refractivity contribution in [2.45, 2.75) is 24.9 Å². The molecule has 3 N–H and O–H groups in total. The lowest BCUT2D eigenvalue weighted by molar-refractivity contribution is -0.193. The number of ether oxygens (including phenoxy) is 1. The second-order valence-corrected chi connectivity index (χ2v) is 12.1. The Morgan fingerprint density at radius 1 is 0.873 bits per heavy atom. The van der Waals surface area contributed by atoms with Gasteiger partial charge in [0.05, 0.1) is 36.6 Å². The maximum absolute atomic E-state index is 10.6. The van der Waals surface area contributed by atoms with Gasteiger partial charge in [-0.1, -0.05) is 6.07 Å². The van der Waals surface area contributed by atoms with Crippen molar-refractivity contribution >= 4 is 23.3 Å². The summed E-state index contributed by atoms with van der Waals surface area (Å²) >= 11 is 0. The Kier molecular flexibility index (Phi) is 12.2. The van der Waals surface area contributed by atoms with Crippen LogP contribution in [0, 0.1) is 11.3 Å². The first-order chi connectivity index (χ1) is 26.1. The number of rotatable bonds is 7. The van der Waals surface area contributed by atoms with Crippen LogP contribution in [0.15, 0.2) is 67.5 Å². The van der Waals surface area contributed by atoms with Gasteiger partial charge in [0.2, 0.25) is 5.88 Å². The molecule has 2 aliphatic rings. The van der Waals surface area contributed by atoms with Crippen molar-refractivity contribution in [1.82, 2.24) is 39.6 Å². The number of fused-ring (bicyclic) bond motifs is 1. The SMILES string of the molecule is COc1ccc(CN2CCN(c3ccc(-c4cc(-c5cnn(C6CNC6)c5)cn5ncc(C#N)c45)cn3)CC2)cn1.O=C(O)C(F)(F)F.O=C(O)C(F)(F)F. The Hall–Kier alpha value is -6.27. The summed E-state index contributed by atoms with van der Waals surface area (Å²) in [5, 5.41) is 36.4. The fraction of sp³-hybridized carbons (Fsp3) is 0.324. The summed E-state index contributed by atoms with van der Waals surface area (Å²) in [6.45, 7) is 6.43. The normalized spacial score (nSPS) is 14.8. The summed E-state index contributed by atoms with van der Waals surface area (Å²) < 4.78 is 72.4. The molecule has 0 saturated carbocycles. The highest BCUT2D eigenvalue weighted by atomic mass is 19.4. The van der Waals surface area contributed by atoms with Gasteiger partial charge in [-0.25, -0.2) is 24.1 Å². The molecule has 5 aromatic rings. The Morgan fingerprint density at radius 2 is 1.55 bits per heavy atom. The predicted octanol–water partition coefficient (Wildman–Crippen LogP) is 4.27. The predicted molar refractivity (Wildman–Crippen MR) is 182 cm³/mol. The Balaban J connectivity index is 0.000000355. The third-order valence-corrected chi connectivity index (χ3v) is 8.45. The number of piperazine rings is 1. The molecule has 2 fully saturated rings. The van der Waals surface area contributed by atoms with Crippen LogP contribution in [0.2, 0.25) is 0 Å². The molecule has 0 unspecified atom stereocenters. The first-order valence-electron chi connectivity index (χ1n) is 16.3. The Morgan fingerprint density at radius 3 is 2.05 bits per heavy atom. The summed E-state index contributed by atoms with van der Waals surface area (Å²) in [6.07, 6.45) is 1.18. The molecule has 0 atom stereocenters. The highest BCUT2D eigenvalue weighted by Gasteiger charge is 2.39. The van der Waals surface area contributed by atoms with E-state index in [2.05, 4.69) is 66.8 Å². The van der Waals surface area contributed by atoms with Gasteiger partial charge in [0.1, 0.15) is 11.9 Å². The van der Waals surface area contributed by atoms with Crippen molar-refractivity contribution in [3.8, 4) is 34.2 Å². The van der Waals surface area contributed by atoms with Gasteiger partial charge >= 0.3 is 24.3 Å². The number of pyridine rings is 3. The molecule has 290 valence electrons. The zero-order valence-corrected chi connectivity index (χ0v) is 28.8. The van der Waals surface area contributed by atoms with Crippen molar-refractivity contribution < 1.29 is 50.9 Å². The molecule has 2 aliphatic heterocycles. The fourth-order valence-corrected chi connectivity index (χ4v) is 5.48. The molecule has 0 aliphatic carbocycles. The topological polar surface area (TPSA) is 187 Å². The van der Waals surface area contributed by atoms with Crippen LogP contribution in [-0.2, 0) is 16.1 Å². The van der Waals surface area contributed by atoms with Gasteiger partial charge in [0.25, 0.3) is 0 Å². The van der Waals surface area contributed by atoms with Crippen LogP contribution in [0.5, 0.6) is 5.88 Å². The van der Waals surface area contributed by atoms with E-state index in [4.69, 9.17) is 29.5 Å². The second kappa shape index (κ2) is 16.8. The van der Waals surface area contributed by atoms with Crippen LogP contribution in [0.1, 0.15) is 17.2 Å². The van der Waals surface area contributed by atoms with Gasteiger partial charge in [0, 0.05) is 98.9 Å². The lowest BCUT2D eigenvalue weighted by Gasteiger charge is -2.35. The number of alkyl halides is 6. The van der Waals surface area contributed by atoms with Gasteiger partial charge < -0.3 is 25.2 Å². The van der Waals surface area contributed by atoms with E-state index < -0.39 is 24.3 Å². The zero-order chi connectivity index (χ0) is 39.9. The summed E-state index contributed by atoms with van der Waals surface area (Å²) in [5.41, 5.74) is 6.37. The minimum absolute atomic E-state index is 0.389. The number of hydrogen-bond acceptors (Lipinski definition) is 11. The molecular formula is C34H32F6N10O5. The molecule has 0 aromatic carbocycles. The number of nitrogens with one attached hydrogen (secondary N) is 1. The van der Waals surface area contributed by atoms with Crippen molar-refractivity contribution in [3.05, 3.63) is 78.6 Å². The fourth-order valence-electron chi connectivity index (χ4n) is 5.48. The number of aromatic nitrogens is 6. The molecule has 15 nitrogen and oxygen atoms in total. The van der Waals surface area contributed by atoms with Crippen molar-refractivity contribution in [2.24, 2.45) is 0 Å². The molecule has 21 heteroatoms. The molecule has 7 rings (SSSR count). The Bertz CT molecular complexity index is 2110. The largest absolute Gasteiger partial charge is 0.490 e. The number of carbonyl (C=O) groups is 2. The number of anilines is 1. The van der Waals surface area contributed by atoms with Gasteiger partial charge in [-0.2, -0.15) is 41.8 Å². The standard InChI is InChI=1S/C30H30N10O.2C2HF3O2/c1-41-29-5-2-21(12-34-29)18-37-6-8-38(9-7-37)28-4-3-22(13-33-28)27-10-23(19-40-30(27)24(11-31)14-36-40)25-15-35-39(20-25)26-16-32-17-26;2*3-2(4,5)1(6)7/h2-5,10,12-15,19-20,26,32H,6-9,16-18H2,1H3;2*(H,6,7). The van der Waals surface area contributed by atoms with Gasteiger partial charge in [-0.15, -0.1) is 0 Å². The molecule has 5 aromatic heterocycles. The summed E-state index contributed by atoms with van der Waals surface area (Å²) in [5.74, 6) is -3.92. The van der Waals surface area contributed by atoms with Crippen LogP contribution >= 0.6 is 0 Å². The van der Waals surface area contributed by atoms with E-state index in [0.29, 0.717) is 17.5 Å². The molecule has 0 radical (unpaired) electrons. The van der Waals surface area contributed by atoms with Gasteiger partial charge in [-0.05, 0) is 23.8 Å². The van der Waals surface area contributed by atoms with Crippen LogP contribution < -0.4 is 15.0 Å². The first-order valence-corrected chi connectivity index (χ1v) is 16.3. The summed E-state index contributed by atoms with van der Waals surface area (Å²) in [4.78, 5) is 31.7. The third-order valence-electron chi connectivity index (χ3n) is 8.45. The van der Waals surface area contributed by atoms with Crippen LogP contribution in [0.3, 0.4) is 0 Å². The van der Waals surface area contributed by atoms with E-state index in [1.807, 2.05) is 35.5 Å². The maximum Gasteiger partial charge on any atom is 0.490 e. The van der Waals surface area contributed by atoms with Crippen molar-refractivity contribution in [3.63, 3.8) is 0 Å². The number of methoxy groups -OCH3 is 1. The number of carboxylic acids is 2. The molecule has 2 saturated heterocycles. The zero-order valence-electron chi connectivity index (χ0n) is 28.8. The smallest absolute Gasteiger partial charge is 0.481 e. The lowest BCUT2D eigenvalue weighted by Crippen LogP contribution is -2.46. The highest BCUT2D eigenvalue weighted by Crippen LogP contribution is 2.33. The quantitative estimate of drug-likeness (QED) is 0.199.